The fourth-order valence-corrected chi connectivity index (χ4v) is 3.86. The Morgan fingerprint density at radius 2 is 1.83 bits per heavy atom. The Hall–Kier alpha value is -0.540. The molecule has 16 nitrogen and oxygen atoms in total. The number of hydrogen-bond acceptors (Lipinski definition) is 15. The smallest absolute Gasteiger partial charge is 0.544 e. The summed E-state index contributed by atoms with van der Waals surface area (Å²) < 4.78 is 21.2. The molecule has 11 atom stereocenters. The van der Waals surface area contributed by atoms with Crippen molar-refractivity contribution in [3.05, 3.63) is 0 Å². The van der Waals surface area contributed by atoms with E-state index in [0.29, 0.717) is 0 Å². The van der Waals surface area contributed by atoms with E-state index in [-0.39, 0.29) is 42.7 Å². The number of carbonyl (C=O) groups is 2. The number of carboxylic acids is 1. The number of aliphatic carboxylic acids is 1. The van der Waals surface area contributed by atoms with Crippen molar-refractivity contribution < 1.29 is 98.9 Å². The minimum absolute atomic E-state index is 0. The first kappa shape index (κ1) is 33.5. The third-order valence-electron chi connectivity index (χ3n) is 5.72. The number of carboxylic acid groups (broad SMARTS) is 1. The molecule has 36 heavy (non-hydrogen) atoms. The van der Waals surface area contributed by atoms with Gasteiger partial charge in [0.05, 0.1) is 32.0 Å². The molecule has 17 heteroatoms. The van der Waals surface area contributed by atoms with Crippen LogP contribution in [0.25, 0.3) is 0 Å². The van der Waals surface area contributed by atoms with E-state index in [1.807, 2.05) is 0 Å². The van der Waals surface area contributed by atoms with Gasteiger partial charge in [-0.3, -0.25) is 4.79 Å². The zero-order valence-corrected chi connectivity index (χ0v) is 21.9. The SMILES string of the molecule is CC(=O)NC1C(O)CC(OCC2OC(OCCN)C(O)C(O)C2O)(C(=O)[O-])OC1[C@H](O)[C@H](O)CO.[Na+]. The van der Waals surface area contributed by atoms with Crippen LogP contribution in [0.15, 0.2) is 0 Å². The second kappa shape index (κ2) is 14.6. The molecular weight excluding hydrogens is 503 g/mol. The number of amides is 1. The molecular formula is C19H33N2NaO14. The topological polar surface area (TPSA) is 274 Å². The normalized spacial score (nSPS) is 38.5. The molecule has 2 fully saturated rings. The Labute approximate surface area is 228 Å². The fraction of sp³-hybridized carbons (Fsp3) is 0.895. The van der Waals surface area contributed by atoms with Crippen LogP contribution >= 0.6 is 0 Å². The Balaban J connectivity index is 0.00000648. The molecule has 0 aromatic heterocycles. The van der Waals surface area contributed by atoms with E-state index in [1.165, 1.54) is 0 Å². The average Bonchev–Trinajstić information content (AvgIpc) is 2.81. The molecule has 0 saturated carbocycles. The zero-order valence-electron chi connectivity index (χ0n) is 19.9. The van der Waals surface area contributed by atoms with Crippen LogP contribution in [0.4, 0.5) is 0 Å². The van der Waals surface area contributed by atoms with Crippen LogP contribution in [0.3, 0.4) is 0 Å². The van der Waals surface area contributed by atoms with Crippen LogP contribution in [-0.4, -0.2) is 141 Å². The first-order valence-electron chi connectivity index (χ1n) is 10.8. The number of hydrogen-bond donors (Lipinski definition) is 9. The van der Waals surface area contributed by atoms with E-state index in [2.05, 4.69) is 5.32 Å². The van der Waals surface area contributed by atoms with Gasteiger partial charge in [-0.05, 0) is 0 Å². The minimum Gasteiger partial charge on any atom is -0.544 e. The Morgan fingerprint density at radius 1 is 1.19 bits per heavy atom. The first-order chi connectivity index (χ1) is 16.4. The number of aliphatic hydroxyl groups is 7. The summed E-state index contributed by atoms with van der Waals surface area (Å²) in [6.07, 6.45) is -16.3. The third kappa shape index (κ3) is 7.75. The maximum absolute atomic E-state index is 12.1. The van der Waals surface area contributed by atoms with Crippen LogP contribution in [-0.2, 0) is 28.5 Å². The van der Waals surface area contributed by atoms with Crippen molar-refractivity contribution in [1.82, 2.24) is 5.32 Å². The summed E-state index contributed by atoms with van der Waals surface area (Å²) in [7, 11) is 0. The predicted molar refractivity (Wildman–Crippen MR) is 108 cm³/mol. The summed E-state index contributed by atoms with van der Waals surface area (Å²) >= 11 is 0. The second-order valence-electron chi connectivity index (χ2n) is 8.35. The van der Waals surface area contributed by atoms with Gasteiger partial charge in [0.2, 0.25) is 11.7 Å². The van der Waals surface area contributed by atoms with Crippen molar-refractivity contribution in [2.75, 3.05) is 26.4 Å². The van der Waals surface area contributed by atoms with Crippen molar-refractivity contribution >= 4 is 11.9 Å². The molecule has 2 aliphatic rings. The van der Waals surface area contributed by atoms with Crippen LogP contribution in [0.1, 0.15) is 13.3 Å². The van der Waals surface area contributed by atoms with Crippen LogP contribution < -0.4 is 45.7 Å². The second-order valence-corrected chi connectivity index (χ2v) is 8.35. The molecule has 0 aliphatic carbocycles. The molecule has 204 valence electrons. The fourth-order valence-electron chi connectivity index (χ4n) is 3.86. The van der Waals surface area contributed by atoms with Gasteiger partial charge in [0, 0.05) is 19.9 Å². The van der Waals surface area contributed by atoms with Crippen molar-refractivity contribution in [3.8, 4) is 0 Å². The number of ether oxygens (including phenoxy) is 4. The van der Waals surface area contributed by atoms with E-state index in [1.54, 1.807) is 0 Å². The van der Waals surface area contributed by atoms with Crippen molar-refractivity contribution in [2.45, 2.75) is 80.3 Å². The van der Waals surface area contributed by atoms with E-state index in [9.17, 15) is 45.3 Å². The summed E-state index contributed by atoms with van der Waals surface area (Å²) in [4.78, 5) is 23.6. The van der Waals surface area contributed by atoms with Gasteiger partial charge < -0.3 is 75.6 Å². The maximum Gasteiger partial charge on any atom is 1.00 e. The quantitative estimate of drug-likeness (QED) is 0.111. The molecule has 9 unspecified atom stereocenters. The van der Waals surface area contributed by atoms with Crippen molar-refractivity contribution in [1.29, 1.82) is 0 Å². The number of nitrogens with two attached hydrogens (primary N) is 1. The molecule has 2 heterocycles. The molecule has 0 aromatic carbocycles. The molecule has 2 saturated heterocycles. The van der Waals surface area contributed by atoms with E-state index in [0.717, 1.165) is 6.92 Å². The largest absolute Gasteiger partial charge is 1.00 e. The molecule has 2 rings (SSSR count). The minimum atomic E-state index is -2.78. The molecule has 0 spiro atoms. The van der Waals surface area contributed by atoms with E-state index >= 15 is 0 Å². The predicted octanol–water partition coefficient (Wildman–Crippen LogP) is -10.4. The van der Waals surface area contributed by atoms with E-state index < -0.39 is 98.5 Å². The standard InChI is InChI=1S/C19H34N2O14.Na/c1-7(23)21-11-8(24)4-19(18(30)31,35-16(11)12(26)9(25)5-22)33-6-10-13(27)14(28)15(29)17(34-10)32-3-2-20;/h8-17,22,24-29H,2-6,20H2,1H3,(H,21,23)(H,30,31);/q;+1/p-1/t8?,9-,10?,11?,12-,13?,14?,15?,16?,17?,19?;/m1./s1. The van der Waals surface area contributed by atoms with Gasteiger partial charge in [-0.1, -0.05) is 0 Å². The average molecular weight is 536 g/mol. The van der Waals surface area contributed by atoms with Gasteiger partial charge in [-0.15, -0.1) is 0 Å². The van der Waals surface area contributed by atoms with Gasteiger partial charge in [-0.2, -0.15) is 0 Å². The van der Waals surface area contributed by atoms with Gasteiger partial charge >= 0.3 is 29.6 Å². The number of nitrogens with one attached hydrogen (secondary N) is 1. The molecule has 0 bridgehead atoms. The summed E-state index contributed by atoms with van der Waals surface area (Å²) in [5, 5.41) is 84.6. The van der Waals surface area contributed by atoms with Crippen LogP contribution in [0.5, 0.6) is 0 Å². The first-order valence-corrected chi connectivity index (χ1v) is 10.8. The van der Waals surface area contributed by atoms with Gasteiger partial charge in [0.25, 0.3) is 0 Å². The number of rotatable bonds is 11. The summed E-state index contributed by atoms with van der Waals surface area (Å²) in [5.74, 6) is -5.48. The van der Waals surface area contributed by atoms with E-state index in [4.69, 9.17) is 29.8 Å². The van der Waals surface area contributed by atoms with Crippen molar-refractivity contribution in [2.24, 2.45) is 5.73 Å². The zero-order chi connectivity index (χ0) is 26.5. The number of carbonyl (C=O) groups excluding carboxylic acids is 2. The third-order valence-corrected chi connectivity index (χ3v) is 5.72. The molecule has 2 aliphatic heterocycles. The van der Waals surface area contributed by atoms with Gasteiger partial charge in [0.15, 0.2) is 6.29 Å². The summed E-state index contributed by atoms with van der Waals surface area (Å²) in [6.45, 7) is -0.710. The molecule has 1 amide bonds. The monoisotopic (exact) mass is 536 g/mol. The molecule has 10 N–H and O–H groups in total. The Morgan fingerprint density at radius 3 is 2.36 bits per heavy atom. The summed E-state index contributed by atoms with van der Waals surface area (Å²) in [6, 6.07) is -1.41. The Kier molecular flexibility index (Phi) is 13.6. The van der Waals surface area contributed by atoms with Gasteiger partial charge in [0.1, 0.15) is 48.7 Å². The van der Waals surface area contributed by atoms with Crippen LogP contribution in [0.2, 0.25) is 0 Å². The maximum atomic E-state index is 12.1. The van der Waals surface area contributed by atoms with Crippen molar-refractivity contribution in [3.63, 3.8) is 0 Å². The molecule has 0 radical (unpaired) electrons. The van der Waals surface area contributed by atoms with Gasteiger partial charge in [-0.25, -0.2) is 0 Å². The number of aliphatic hydroxyl groups excluding tert-OH is 7. The summed E-state index contributed by atoms with van der Waals surface area (Å²) in [5.41, 5.74) is 5.33. The Bertz CT molecular complexity index is 722. The molecule has 0 aromatic rings. The van der Waals surface area contributed by atoms with Crippen LogP contribution in [0, 0.1) is 0 Å².